The average molecular weight is 238 g/mol. The predicted octanol–water partition coefficient (Wildman–Crippen LogP) is 3.13. The number of benzene rings is 1. The van der Waals surface area contributed by atoms with Gasteiger partial charge < -0.3 is 11.1 Å². The van der Waals surface area contributed by atoms with E-state index in [1.807, 2.05) is 30.8 Å². The highest BCUT2D eigenvalue weighted by Gasteiger charge is 2.06. The summed E-state index contributed by atoms with van der Waals surface area (Å²) in [6.07, 6.45) is 0. The second-order valence-corrected chi connectivity index (χ2v) is 5.50. The van der Waals surface area contributed by atoms with E-state index in [-0.39, 0.29) is 0 Å². The van der Waals surface area contributed by atoms with Gasteiger partial charge in [0.05, 0.1) is 0 Å². The highest BCUT2D eigenvalue weighted by Crippen LogP contribution is 2.24. The summed E-state index contributed by atoms with van der Waals surface area (Å²) in [4.78, 5) is 10.8. The molecule has 0 aromatic heterocycles. The van der Waals surface area contributed by atoms with Crippen LogP contribution in [0.1, 0.15) is 25.0 Å². The minimum Gasteiger partial charge on any atom is -0.351 e. The van der Waals surface area contributed by atoms with Crippen molar-refractivity contribution in [2.45, 2.75) is 31.8 Å². The Morgan fingerprint density at radius 3 is 2.75 bits per heavy atom. The number of nitrogens with one attached hydrogen (secondary N) is 1. The summed E-state index contributed by atoms with van der Waals surface area (Å²) in [6.45, 7) is 6.35. The van der Waals surface area contributed by atoms with Gasteiger partial charge in [0.25, 0.3) is 0 Å². The van der Waals surface area contributed by atoms with Crippen LogP contribution in [0.2, 0.25) is 0 Å². The van der Waals surface area contributed by atoms with Crippen molar-refractivity contribution in [1.29, 1.82) is 0 Å². The molecule has 1 aromatic rings. The molecule has 4 heteroatoms. The van der Waals surface area contributed by atoms with E-state index in [9.17, 15) is 4.79 Å². The van der Waals surface area contributed by atoms with Crippen molar-refractivity contribution in [1.82, 2.24) is 0 Å². The first-order valence-corrected chi connectivity index (χ1v) is 6.32. The summed E-state index contributed by atoms with van der Waals surface area (Å²) in [6, 6.07) is 5.37. The third-order valence-electron chi connectivity index (χ3n) is 2.28. The molecule has 3 N–H and O–H groups in total. The number of carbonyl (C=O) groups excluding carboxylic acids is 1. The first-order chi connectivity index (χ1) is 7.50. The van der Waals surface area contributed by atoms with Crippen LogP contribution in [0, 0.1) is 6.92 Å². The Kier molecular flexibility index (Phi) is 4.68. The van der Waals surface area contributed by atoms with E-state index < -0.39 is 6.03 Å². The van der Waals surface area contributed by atoms with Crippen LogP contribution in [0.4, 0.5) is 10.5 Å². The lowest BCUT2D eigenvalue weighted by Gasteiger charge is -2.12. The van der Waals surface area contributed by atoms with Gasteiger partial charge in [-0.15, -0.1) is 0 Å². The number of anilines is 1. The van der Waals surface area contributed by atoms with Crippen LogP contribution in [-0.4, -0.2) is 11.3 Å². The Morgan fingerprint density at radius 2 is 2.19 bits per heavy atom. The van der Waals surface area contributed by atoms with Crippen LogP contribution in [0.5, 0.6) is 0 Å². The maximum Gasteiger partial charge on any atom is 0.316 e. The molecule has 1 rings (SSSR count). The number of primary amides is 1. The van der Waals surface area contributed by atoms with Crippen molar-refractivity contribution in [3.05, 3.63) is 29.3 Å². The zero-order valence-electron chi connectivity index (χ0n) is 9.91. The summed E-state index contributed by atoms with van der Waals surface area (Å²) in [5, 5.41) is 3.23. The highest BCUT2D eigenvalue weighted by atomic mass is 32.2. The van der Waals surface area contributed by atoms with Crippen molar-refractivity contribution in [2.75, 3.05) is 5.32 Å². The molecule has 0 aliphatic rings. The Hall–Kier alpha value is -1.16. The molecule has 16 heavy (non-hydrogen) atoms. The zero-order valence-corrected chi connectivity index (χ0v) is 10.7. The molecule has 0 heterocycles. The van der Waals surface area contributed by atoms with Gasteiger partial charge in [-0.05, 0) is 29.4 Å². The Labute approximate surface area is 101 Å². The summed E-state index contributed by atoms with van der Waals surface area (Å²) in [5.41, 5.74) is 8.24. The molecule has 0 spiro atoms. The molecule has 88 valence electrons. The van der Waals surface area contributed by atoms with Gasteiger partial charge in [-0.2, -0.15) is 11.8 Å². The van der Waals surface area contributed by atoms with Crippen molar-refractivity contribution < 1.29 is 4.79 Å². The number of urea groups is 1. The normalized spacial score (nSPS) is 10.5. The summed E-state index contributed by atoms with van der Waals surface area (Å²) < 4.78 is 0. The van der Waals surface area contributed by atoms with Gasteiger partial charge in [-0.3, -0.25) is 0 Å². The second-order valence-electron chi connectivity index (χ2n) is 3.94. The first kappa shape index (κ1) is 12.9. The lowest BCUT2D eigenvalue weighted by Crippen LogP contribution is -2.20. The van der Waals surface area contributed by atoms with Crippen LogP contribution in [0.3, 0.4) is 0 Å². The fourth-order valence-corrected chi connectivity index (χ4v) is 2.19. The summed E-state index contributed by atoms with van der Waals surface area (Å²) in [5.74, 6) is 0.956. The zero-order chi connectivity index (χ0) is 12.1. The molecule has 1 aromatic carbocycles. The molecular formula is C12H18N2OS. The van der Waals surface area contributed by atoms with Gasteiger partial charge in [0, 0.05) is 11.4 Å². The minimum absolute atomic E-state index is 0.517. The van der Waals surface area contributed by atoms with Crippen LogP contribution in [0.25, 0.3) is 0 Å². The van der Waals surface area contributed by atoms with Gasteiger partial charge in [-0.25, -0.2) is 4.79 Å². The third kappa shape index (κ3) is 3.77. The molecule has 2 amide bonds. The lowest BCUT2D eigenvalue weighted by molar-refractivity contribution is 0.259. The van der Waals surface area contributed by atoms with E-state index in [1.54, 1.807) is 0 Å². The number of thioether (sulfide) groups is 1. The molecule has 0 unspecified atom stereocenters. The second kappa shape index (κ2) is 5.80. The predicted molar refractivity (Wildman–Crippen MR) is 70.8 cm³/mol. The van der Waals surface area contributed by atoms with Crippen molar-refractivity contribution >= 4 is 23.5 Å². The molecule has 0 bridgehead atoms. The van der Waals surface area contributed by atoms with Crippen molar-refractivity contribution in [3.8, 4) is 0 Å². The smallest absolute Gasteiger partial charge is 0.316 e. The van der Waals surface area contributed by atoms with Crippen LogP contribution in [0.15, 0.2) is 18.2 Å². The first-order valence-electron chi connectivity index (χ1n) is 5.27. The van der Waals surface area contributed by atoms with E-state index in [2.05, 4.69) is 25.2 Å². The Bertz CT molecular complexity index is 377. The summed E-state index contributed by atoms with van der Waals surface area (Å²) in [7, 11) is 0. The number of hydrogen-bond acceptors (Lipinski definition) is 2. The maximum absolute atomic E-state index is 10.8. The van der Waals surface area contributed by atoms with E-state index >= 15 is 0 Å². The number of amides is 2. The SMILES string of the molecule is Cc1c(CSC(C)C)cccc1NC(N)=O. The van der Waals surface area contributed by atoms with E-state index in [4.69, 9.17) is 5.73 Å². The molecule has 0 radical (unpaired) electrons. The van der Waals surface area contributed by atoms with Gasteiger partial charge in [0.15, 0.2) is 0 Å². The van der Waals surface area contributed by atoms with Gasteiger partial charge >= 0.3 is 6.03 Å². The fraction of sp³-hybridized carbons (Fsp3) is 0.417. The Morgan fingerprint density at radius 1 is 1.50 bits per heavy atom. The average Bonchev–Trinajstić information content (AvgIpc) is 2.18. The number of carbonyl (C=O) groups is 1. The highest BCUT2D eigenvalue weighted by molar-refractivity contribution is 7.99. The van der Waals surface area contributed by atoms with E-state index in [1.165, 1.54) is 5.56 Å². The molecule has 0 fully saturated rings. The molecule has 0 atom stereocenters. The maximum atomic E-state index is 10.8. The Balaban J connectivity index is 2.81. The third-order valence-corrected chi connectivity index (χ3v) is 3.42. The van der Waals surface area contributed by atoms with Crippen molar-refractivity contribution in [3.63, 3.8) is 0 Å². The number of rotatable bonds is 4. The molecular weight excluding hydrogens is 220 g/mol. The quantitative estimate of drug-likeness (QED) is 0.846. The molecule has 0 aliphatic heterocycles. The number of hydrogen-bond donors (Lipinski definition) is 2. The molecule has 0 saturated heterocycles. The largest absolute Gasteiger partial charge is 0.351 e. The van der Waals surface area contributed by atoms with Crippen molar-refractivity contribution in [2.24, 2.45) is 5.73 Å². The van der Waals surface area contributed by atoms with Gasteiger partial charge in [0.1, 0.15) is 0 Å². The monoisotopic (exact) mass is 238 g/mol. The van der Waals surface area contributed by atoms with Crippen LogP contribution < -0.4 is 11.1 Å². The van der Waals surface area contributed by atoms with Gasteiger partial charge in [0.2, 0.25) is 0 Å². The van der Waals surface area contributed by atoms with E-state index in [0.717, 1.165) is 17.0 Å². The molecule has 3 nitrogen and oxygen atoms in total. The fourth-order valence-electron chi connectivity index (χ4n) is 1.36. The molecule has 0 saturated carbocycles. The standard InChI is InChI=1S/C12H18N2OS/c1-8(2)16-7-10-5-4-6-11(9(10)3)14-12(13)15/h4-6,8H,7H2,1-3H3,(H3,13,14,15). The summed E-state index contributed by atoms with van der Waals surface area (Å²) >= 11 is 1.88. The minimum atomic E-state index is -0.517. The molecule has 0 aliphatic carbocycles. The van der Waals surface area contributed by atoms with E-state index in [0.29, 0.717) is 5.25 Å². The number of nitrogens with two attached hydrogens (primary N) is 1. The van der Waals surface area contributed by atoms with Crippen LogP contribution >= 0.6 is 11.8 Å². The van der Waals surface area contributed by atoms with Crippen LogP contribution in [-0.2, 0) is 5.75 Å². The lowest BCUT2D eigenvalue weighted by atomic mass is 10.1. The van der Waals surface area contributed by atoms with Gasteiger partial charge in [-0.1, -0.05) is 26.0 Å². The topological polar surface area (TPSA) is 55.1 Å².